The molecule has 1 saturated heterocycles. The van der Waals surface area contributed by atoms with E-state index in [1.807, 2.05) is 0 Å². The van der Waals surface area contributed by atoms with Crippen LogP contribution in [-0.2, 0) is 6.18 Å². The summed E-state index contributed by atoms with van der Waals surface area (Å²) in [4.78, 5) is 12.2. The van der Waals surface area contributed by atoms with Gasteiger partial charge in [-0.05, 0) is 43.2 Å². The predicted molar refractivity (Wildman–Crippen MR) is 97.2 cm³/mol. The predicted octanol–water partition coefficient (Wildman–Crippen LogP) is 4.80. The monoisotopic (exact) mass is 396 g/mol. The topological polar surface area (TPSA) is 70.8 Å². The number of benzene rings is 2. The molecule has 0 amide bonds. The molecule has 3 rings (SSSR count). The van der Waals surface area contributed by atoms with Gasteiger partial charge in [0.1, 0.15) is 11.5 Å². The lowest BCUT2D eigenvalue weighted by Crippen LogP contribution is -2.17. The molecule has 2 aromatic carbocycles. The summed E-state index contributed by atoms with van der Waals surface area (Å²) in [5.41, 5.74) is 1.05. The van der Waals surface area contributed by atoms with E-state index in [2.05, 4.69) is 15.4 Å². The van der Waals surface area contributed by atoms with E-state index in [1.54, 1.807) is 6.07 Å². The molecule has 148 valence electrons. The number of nitro groups is 1. The molecule has 0 aliphatic carbocycles. The molecule has 1 heterocycles. The van der Waals surface area contributed by atoms with E-state index >= 15 is 0 Å². The molecule has 1 aliphatic heterocycles. The van der Waals surface area contributed by atoms with Gasteiger partial charge in [0.25, 0.3) is 5.69 Å². The van der Waals surface area contributed by atoms with Crippen molar-refractivity contribution in [3.05, 3.63) is 63.5 Å². The maximum Gasteiger partial charge on any atom is 0.416 e. The zero-order chi connectivity index (χ0) is 20.3. The van der Waals surface area contributed by atoms with Crippen LogP contribution >= 0.6 is 0 Å². The number of hydrogen-bond acceptors (Lipinski definition) is 5. The van der Waals surface area contributed by atoms with Crippen molar-refractivity contribution in [1.29, 1.82) is 0 Å². The van der Waals surface area contributed by atoms with Crippen LogP contribution < -0.4 is 10.3 Å². The average Bonchev–Trinajstić information content (AvgIpc) is 3.17. The number of anilines is 2. The Balaban J connectivity index is 1.76. The molecule has 6 nitrogen and oxygen atoms in total. The molecule has 1 N–H and O–H groups in total. The van der Waals surface area contributed by atoms with E-state index < -0.39 is 28.2 Å². The van der Waals surface area contributed by atoms with Gasteiger partial charge in [0.15, 0.2) is 0 Å². The minimum Gasteiger partial charge on any atom is -0.371 e. The van der Waals surface area contributed by atoms with Crippen molar-refractivity contribution in [3.63, 3.8) is 0 Å². The highest BCUT2D eigenvalue weighted by Gasteiger charge is 2.33. The van der Waals surface area contributed by atoms with Crippen molar-refractivity contribution < 1.29 is 22.5 Å². The standard InChI is InChI=1S/C18H16F4N4O2/c19-15-10-14(25-7-1-2-8-25)5-3-12(15)11-23-24-16-6-4-13(18(20,21)22)9-17(16)26(27)28/h3-6,9-11,24H,1-2,7-8H2/b23-11-. The Morgan fingerprint density at radius 3 is 2.46 bits per heavy atom. The Morgan fingerprint density at radius 2 is 1.86 bits per heavy atom. The van der Waals surface area contributed by atoms with Crippen molar-refractivity contribution in [2.75, 3.05) is 23.4 Å². The van der Waals surface area contributed by atoms with Gasteiger partial charge in [0.05, 0.1) is 16.7 Å². The van der Waals surface area contributed by atoms with Crippen LogP contribution in [0.2, 0.25) is 0 Å². The third kappa shape index (κ3) is 4.38. The molecule has 0 atom stereocenters. The molecule has 0 aromatic heterocycles. The first-order chi connectivity index (χ1) is 13.3. The number of hydrogen-bond donors (Lipinski definition) is 1. The number of alkyl halides is 3. The minimum atomic E-state index is -4.70. The molecule has 0 saturated carbocycles. The van der Waals surface area contributed by atoms with Gasteiger partial charge < -0.3 is 4.90 Å². The normalized spacial score (nSPS) is 14.6. The lowest BCUT2D eigenvalue weighted by atomic mass is 10.1. The molecule has 1 aliphatic rings. The highest BCUT2D eigenvalue weighted by molar-refractivity contribution is 5.82. The van der Waals surface area contributed by atoms with Gasteiger partial charge in [-0.2, -0.15) is 18.3 Å². The molecule has 0 spiro atoms. The smallest absolute Gasteiger partial charge is 0.371 e. The van der Waals surface area contributed by atoms with Crippen LogP contribution in [-0.4, -0.2) is 24.2 Å². The minimum absolute atomic E-state index is 0.144. The fourth-order valence-electron chi connectivity index (χ4n) is 2.92. The first kappa shape index (κ1) is 19.6. The molecule has 28 heavy (non-hydrogen) atoms. The summed E-state index contributed by atoms with van der Waals surface area (Å²) in [5, 5.41) is 14.8. The van der Waals surface area contributed by atoms with Gasteiger partial charge in [-0.15, -0.1) is 0 Å². The van der Waals surface area contributed by atoms with E-state index in [-0.39, 0.29) is 11.3 Å². The Hall–Kier alpha value is -3.17. The van der Waals surface area contributed by atoms with Crippen molar-refractivity contribution >= 4 is 23.3 Å². The second-order valence-corrected chi connectivity index (χ2v) is 6.26. The lowest BCUT2D eigenvalue weighted by molar-refractivity contribution is -0.384. The van der Waals surface area contributed by atoms with Crippen molar-refractivity contribution in [2.45, 2.75) is 19.0 Å². The Bertz CT molecular complexity index is 909. The largest absolute Gasteiger partial charge is 0.416 e. The third-order valence-electron chi connectivity index (χ3n) is 4.37. The number of nitro benzene ring substituents is 1. The van der Waals surface area contributed by atoms with Gasteiger partial charge in [0.2, 0.25) is 0 Å². The number of nitrogens with zero attached hydrogens (tertiary/aromatic N) is 3. The fourth-order valence-corrected chi connectivity index (χ4v) is 2.92. The molecule has 10 heteroatoms. The molecule has 0 radical (unpaired) electrons. The summed E-state index contributed by atoms with van der Waals surface area (Å²) < 4.78 is 52.4. The SMILES string of the molecule is O=[N+]([O-])c1cc(C(F)(F)F)ccc1N/N=C\c1ccc(N2CCCC2)cc1F. The van der Waals surface area contributed by atoms with Gasteiger partial charge in [0, 0.05) is 30.4 Å². The molecule has 0 bridgehead atoms. The van der Waals surface area contributed by atoms with Crippen LogP contribution in [0, 0.1) is 15.9 Å². The zero-order valence-electron chi connectivity index (χ0n) is 14.5. The summed E-state index contributed by atoms with van der Waals surface area (Å²) >= 11 is 0. The van der Waals surface area contributed by atoms with Gasteiger partial charge in [-0.1, -0.05) is 0 Å². The summed E-state index contributed by atoms with van der Waals surface area (Å²) in [5.74, 6) is -0.517. The Morgan fingerprint density at radius 1 is 1.14 bits per heavy atom. The van der Waals surface area contributed by atoms with Crippen molar-refractivity contribution in [3.8, 4) is 0 Å². The summed E-state index contributed by atoms with van der Waals surface area (Å²) in [6.07, 6.45) is -1.47. The Labute approximate surface area is 157 Å². The second kappa shape index (κ2) is 7.83. The van der Waals surface area contributed by atoms with Crippen molar-refractivity contribution in [1.82, 2.24) is 0 Å². The number of halogens is 4. The summed E-state index contributed by atoms with van der Waals surface area (Å²) in [6, 6.07) is 6.68. The maximum absolute atomic E-state index is 14.2. The number of hydrazone groups is 1. The van der Waals surface area contributed by atoms with E-state index in [1.165, 1.54) is 12.1 Å². The Kier molecular flexibility index (Phi) is 5.48. The molecular formula is C18H16F4N4O2. The van der Waals surface area contributed by atoms with E-state index in [9.17, 15) is 27.7 Å². The molecular weight excluding hydrogens is 380 g/mol. The van der Waals surface area contributed by atoms with Gasteiger partial charge in [-0.3, -0.25) is 15.5 Å². The summed E-state index contributed by atoms with van der Waals surface area (Å²) in [6.45, 7) is 1.73. The molecule has 1 fully saturated rings. The molecule has 0 unspecified atom stereocenters. The van der Waals surface area contributed by atoms with Crippen LogP contribution in [0.15, 0.2) is 41.5 Å². The highest BCUT2D eigenvalue weighted by atomic mass is 19.4. The third-order valence-corrected chi connectivity index (χ3v) is 4.37. The van der Waals surface area contributed by atoms with Crippen LogP contribution in [0.1, 0.15) is 24.0 Å². The molecule has 2 aromatic rings. The maximum atomic E-state index is 14.2. The van der Waals surface area contributed by atoms with Crippen molar-refractivity contribution in [2.24, 2.45) is 5.10 Å². The quantitative estimate of drug-likeness (QED) is 0.341. The zero-order valence-corrected chi connectivity index (χ0v) is 14.5. The van der Waals surface area contributed by atoms with Gasteiger partial charge >= 0.3 is 6.18 Å². The van der Waals surface area contributed by atoms with Crippen LogP contribution in [0.25, 0.3) is 0 Å². The van der Waals surface area contributed by atoms with E-state index in [4.69, 9.17) is 0 Å². The first-order valence-electron chi connectivity index (χ1n) is 8.45. The highest BCUT2D eigenvalue weighted by Crippen LogP contribution is 2.35. The van der Waals surface area contributed by atoms with Crippen LogP contribution in [0.5, 0.6) is 0 Å². The van der Waals surface area contributed by atoms with E-state index in [0.29, 0.717) is 12.1 Å². The number of rotatable bonds is 5. The lowest BCUT2D eigenvalue weighted by Gasteiger charge is -2.17. The van der Waals surface area contributed by atoms with Crippen LogP contribution in [0.3, 0.4) is 0 Å². The van der Waals surface area contributed by atoms with E-state index in [0.717, 1.165) is 43.9 Å². The van der Waals surface area contributed by atoms with Crippen LogP contribution in [0.4, 0.5) is 34.6 Å². The average molecular weight is 396 g/mol. The fraction of sp³-hybridized carbons (Fsp3) is 0.278. The first-order valence-corrected chi connectivity index (χ1v) is 8.45. The number of nitrogens with one attached hydrogen (secondary N) is 1. The summed E-state index contributed by atoms with van der Waals surface area (Å²) in [7, 11) is 0. The second-order valence-electron chi connectivity index (χ2n) is 6.26. The van der Waals surface area contributed by atoms with Gasteiger partial charge in [-0.25, -0.2) is 4.39 Å².